The maximum Gasteiger partial charge on any atom is 0.160 e. The largest absolute Gasteiger partial charge is 0.492 e. The Morgan fingerprint density at radius 1 is 1.50 bits per heavy atom. The Morgan fingerprint density at radius 3 is 2.78 bits per heavy atom. The summed E-state index contributed by atoms with van der Waals surface area (Å²) in [5, 5.41) is 0. The van der Waals surface area contributed by atoms with Gasteiger partial charge in [-0.2, -0.15) is 0 Å². The van der Waals surface area contributed by atoms with Gasteiger partial charge in [-0.15, -0.1) is 0 Å². The van der Waals surface area contributed by atoms with Crippen LogP contribution in [0.25, 0.3) is 0 Å². The van der Waals surface area contributed by atoms with Crippen molar-refractivity contribution in [2.24, 2.45) is 0 Å². The average Bonchev–Trinajstić information content (AvgIpc) is 3.12. The molecule has 98 valence electrons. The summed E-state index contributed by atoms with van der Waals surface area (Å²) in [6.45, 7) is 3.18. The number of likely N-dealkylation sites (N-methyl/N-ethyl adjacent to an activating group) is 1. The summed E-state index contributed by atoms with van der Waals surface area (Å²) < 4.78 is 6.48. The number of nitrogens with zero attached hydrogens (tertiary/aromatic N) is 1. The molecular formula is C14H18BrNO2. The van der Waals surface area contributed by atoms with E-state index in [-0.39, 0.29) is 5.78 Å². The summed E-state index contributed by atoms with van der Waals surface area (Å²) in [7, 11) is 2.13. The van der Waals surface area contributed by atoms with Crippen LogP contribution in [-0.2, 0) is 0 Å². The first-order chi connectivity index (χ1) is 8.58. The first-order valence-corrected chi connectivity index (χ1v) is 7.01. The molecule has 1 aromatic carbocycles. The van der Waals surface area contributed by atoms with E-state index in [1.807, 2.05) is 12.1 Å². The van der Waals surface area contributed by atoms with E-state index in [2.05, 4.69) is 27.9 Å². The monoisotopic (exact) mass is 311 g/mol. The van der Waals surface area contributed by atoms with Gasteiger partial charge >= 0.3 is 0 Å². The lowest BCUT2D eigenvalue weighted by Crippen LogP contribution is -2.26. The third kappa shape index (κ3) is 3.56. The Bertz CT molecular complexity index is 443. The van der Waals surface area contributed by atoms with Gasteiger partial charge < -0.3 is 9.64 Å². The SMILES string of the molecule is CC(=O)c1ccc(OCCN(C)C2CC2)cc1Br. The van der Waals surface area contributed by atoms with Gasteiger partial charge in [-0.25, -0.2) is 0 Å². The highest BCUT2D eigenvalue weighted by Gasteiger charge is 2.25. The number of carbonyl (C=O) groups excluding carboxylic acids is 1. The van der Waals surface area contributed by atoms with Crippen LogP contribution in [0.4, 0.5) is 0 Å². The van der Waals surface area contributed by atoms with Crippen LogP contribution in [0.3, 0.4) is 0 Å². The Hall–Kier alpha value is -0.870. The quantitative estimate of drug-likeness (QED) is 0.756. The minimum absolute atomic E-state index is 0.0573. The lowest BCUT2D eigenvalue weighted by molar-refractivity contribution is 0.101. The van der Waals surface area contributed by atoms with Gasteiger partial charge in [0, 0.05) is 22.6 Å². The molecular weight excluding hydrogens is 294 g/mol. The molecule has 4 heteroatoms. The van der Waals surface area contributed by atoms with E-state index in [4.69, 9.17) is 4.74 Å². The zero-order valence-electron chi connectivity index (χ0n) is 10.8. The van der Waals surface area contributed by atoms with E-state index in [1.54, 1.807) is 13.0 Å². The fourth-order valence-electron chi connectivity index (χ4n) is 1.88. The molecule has 0 bridgehead atoms. The minimum Gasteiger partial charge on any atom is -0.492 e. The molecule has 0 saturated heterocycles. The van der Waals surface area contributed by atoms with Crippen molar-refractivity contribution in [3.05, 3.63) is 28.2 Å². The molecule has 2 rings (SSSR count). The summed E-state index contributed by atoms with van der Waals surface area (Å²) in [6.07, 6.45) is 2.63. The van der Waals surface area contributed by atoms with Crippen LogP contribution in [0.5, 0.6) is 5.75 Å². The predicted molar refractivity (Wildman–Crippen MR) is 75.3 cm³/mol. The van der Waals surface area contributed by atoms with Crippen LogP contribution in [0, 0.1) is 0 Å². The molecule has 0 aliphatic heterocycles. The summed E-state index contributed by atoms with van der Waals surface area (Å²) in [5.41, 5.74) is 0.692. The first kappa shape index (κ1) is 13.6. The van der Waals surface area contributed by atoms with Crippen molar-refractivity contribution in [2.45, 2.75) is 25.8 Å². The summed E-state index contributed by atoms with van der Waals surface area (Å²) in [6, 6.07) is 6.26. The van der Waals surface area contributed by atoms with Crippen molar-refractivity contribution in [3.8, 4) is 5.75 Å². The zero-order valence-corrected chi connectivity index (χ0v) is 12.4. The molecule has 1 fully saturated rings. The smallest absolute Gasteiger partial charge is 0.160 e. The highest BCUT2D eigenvalue weighted by molar-refractivity contribution is 9.10. The zero-order chi connectivity index (χ0) is 13.1. The Balaban J connectivity index is 1.85. The van der Waals surface area contributed by atoms with Crippen molar-refractivity contribution >= 4 is 21.7 Å². The molecule has 0 amide bonds. The second-order valence-corrected chi connectivity index (χ2v) is 5.61. The van der Waals surface area contributed by atoms with Crippen LogP contribution in [0.15, 0.2) is 22.7 Å². The van der Waals surface area contributed by atoms with Crippen molar-refractivity contribution in [3.63, 3.8) is 0 Å². The molecule has 18 heavy (non-hydrogen) atoms. The van der Waals surface area contributed by atoms with Crippen molar-refractivity contribution in [1.82, 2.24) is 4.90 Å². The van der Waals surface area contributed by atoms with E-state index in [1.165, 1.54) is 12.8 Å². The van der Waals surface area contributed by atoms with Gasteiger partial charge in [0.05, 0.1) is 0 Å². The number of hydrogen-bond donors (Lipinski definition) is 0. The number of halogens is 1. The molecule has 0 spiro atoms. The second-order valence-electron chi connectivity index (χ2n) is 4.76. The molecule has 1 saturated carbocycles. The van der Waals surface area contributed by atoms with Crippen molar-refractivity contribution in [2.75, 3.05) is 20.2 Å². The number of ketones is 1. The third-order valence-electron chi connectivity index (χ3n) is 3.20. The second kappa shape index (κ2) is 5.85. The maximum atomic E-state index is 11.3. The van der Waals surface area contributed by atoms with Gasteiger partial charge in [-0.3, -0.25) is 4.79 Å². The molecule has 1 aliphatic carbocycles. The number of carbonyl (C=O) groups is 1. The highest BCUT2D eigenvalue weighted by Crippen LogP contribution is 2.25. The number of benzene rings is 1. The van der Waals surface area contributed by atoms with Gasteiger partial charge in [0.15, 0.2) is 5.78 Å². The van der Waals surface area contributed by atoms with E-state index in [0.717, 1.165) is 22.8 Å². The summed E-state index contributed by atoms with van der Waals surface area (Å²) >= 11 is 3.39. The van der Waals surface area contributed by atoms with E-state index < -0.39 is 0 Å². The topological polar surface area (TPSA) is 29.5 Å². The third-order valence-corrected chi connectivity index (χ3v) is 3.86. The van der Waals surface area contributed by atoms with E-state index in [0.29, 0.717) is 12.2 Å². The van der Waals surface area contributed by atoms with Gasteiger partial charge in [-0.1, -0.05) is 0 Å². The fraction of sp³-hybridized carbons (Fsp3) is 0.500. The number of hydrogen-bond acceptors (Lipinski definition) is 3. The molecule has 0 aromatic heterocycles. The number of rotatable bonds is 6. The van der Waals surface area contributed by atoms with Gasteiger partial charge in [0.2, 0.25) is 0 Å². The standard InChI is InChI=1S/C14H18BrNO2/c1-10(17)13-6-5-12(9-14(13)15)18-8-7-16(2)11-3-4-11/h5-6,9,11H,3-4,7-8H2,1-2H3. The van der Waals surface area contributed by atoms with Crippen molar-refractivity contribution < 1.29 is 9.53 Å². The molecule has 3 nitrogen and oxygen atoms in total. The maximum absolute atomic E-state index is 11.3. The molecule has 1 aliphatic rings. The highest BCUT2D eigenvalue weighted by atomic mass is 79.9. The molecule has 0 N–H and O–H groups in total. The average molecular weight is 312 g/mol. The normalized spacial score (nSPS) is 14.9. The van der Waals surface area contributed by atoms with Crippen LogP contribution < -0.4 is 4.74 Å². The van der Waals surface area contributed by atoms with Crippen LogP contribution >= 0.6 is 15.9 Å². The Labute approximate surface area is 116 Å². The van der Waals surface area contributed by atoms with Gasteiger partial charge in [-0.05, 0) is 60.9 Å². The summed E-state index contributed by atoms with van der Waals surface area (Å²) in [4.78, 5) is 13.6. The lowest BCUT2D eigenvalue weighted by atomic mass is 10.1. The fourth-order valence-corrected chi connectivity index (χ4v) is 2.51. The molecule has 0 radical (unpaired) electrons. The van der Waals surface area contributed by atoms with Crippen LogP contribution in [0.2, 0.25) is 0 Å². The van der Waals surface area contributed by atoms with E-state index >= 15 is 0 Å². The summed E-state index contributed by atoms with van der Waals surface area (Å²) in [5.74, 6) is 0.859. The predicted octanol–water partition coefficient (Wildman–Crippen LogP) is 3.12. The molecule has 1 aromatic rings. The van der Waals surface area contributed by atoms with Gasteiger partial charge in [0.1, 0.15) is 12.4 Å². The Morgan fingerprint density at radius 2 is 2.22 bits per heavy atom. The molecule has 0 atom stereocenters. The first-order valence-electron chi connectivity index (χ1n) is 6.21. The van der Waals surface area contributed by atoms with Crippen LogP contribution in [0.1, 0.15) is 30.1 Å². The molecule has 0 unspecified atom stereocenters. The Kier molecular flexibility index (Phi) is 4.40. The number of Topliss-reactive ketones (excluding diaryl/α,β-unsaturated/α-hetero) is 1. The minimum atomic E-state index is 0.0573. The lowest BCUT2D eigenvalue weighted by Gasteiger charge is -2.16. The van der Waals surface area contributed by atoms with Crippen LogP contribution in [-0.4, -0.2) is 36.9 Å². The molecule has 0 heterocycles. The van der Waals surface area contributed by atoms with Gasteiger partial charge in [0.25, 0.3) is 0 Å². The number of ether oxygens (including phenoxy) is 1. The van der Waals surface area contributed by atoms with E-state index in [9.17, 15) is 4.79 Å². The van der Waals surface area contributed by atoms with Crippen molar-refractivity contribution in [1.29, 1.82) is 0 Å².